The van der Waals surface area contributed by atoms with Crippen molar-refractivity contribution in [3.63, 3.8) is 0 Å². The minimum atomic E-state index is -1.08. The van der Waals surface area contributed by atoms with Crippen molar-refractivity contribution >= 4 is 24.4 Å². The standard InChI is InChI=1S/C24H30N2O2.2C2H4O2.Co/c1-3-17-5-11-23(27)19(13-17)15-25-21-7-9-22(10-8-21)26-16-20-14-18(4-2)6-12-24(20)28;2*1-2(3)4;/h5-6,11-16,21-22,27-28H,3-4,7-10H2,1-2H3;2*1H3,(H,3,4);/q;;;+2/p-2. The number of hydrogen-bond donors (Lipinski definition) is 2. The predicted octanol–water partition coefficient (Wildman–Crippen LogP) is 2.58. The molecule has 3 rings (SSSR count). The third kappa shape index (κ3) is 14.2. The molecule has 0 spiro atoms. The fourth-order valence-corrected chi connectivity index (χ4v) is 3.58. The smallest absolute Gasteiger partial charge is 0.550 e. The molecule has 37 heavy (non-hydrogen) atoms. The maximum atomic E-state index is 10.0. The van der Waals surface area contributed by atoms with Crippen LogP contribution < -0.4 is 10.2 Å². The number of phenolic OH excluding ortho intramolecular Hbond substituents is 2. The van der Waals surface area contributed by atoms with Crippen LogP contribution in [0.4, 0.5) is 0 Å². The van der Waals surface area contributed by atoms with Crippen LogP contribution in [0.15, 0.2) is 46.4 Å². The molecule has 2 aromatic rings. The fourth-order valence-electron chi connectivity index (χ4n) is 3.58. The first-order valence-electron chi connectivity index (χ1n) is 12.1. The van der Waals surface area contributed by atoms with E-state index >= 15 is 0 Å². The summed E-state index contributed by atoms with van der Waals surface area (Å²) in [5.41, 5.74) is 4.00. The van der Waals surface area contributed by atoms with E-state index < -0.39 is 11.9 Å². The van der Waals surface area contributed by atoms with E-state index in [9.17, 15) is 10.2 Å². The number of hydrogen-bond acceptors (Lipinski definition) is 8. The van der Waals surface area contributed by atoms with Crippen molar-refractivity contribution in [3.8, 4) is 11.5 Å². The van der Waals surface area contributed by atoms with Gasteiger partial charge in [0, 0.05) is 35.5 Å². The molecule has 1 aliphatic carbocycles. The van der Waals surface area contributed by atoms with Crippen LogP contribution in [0.25, 0.3) is 0 Å². The molecule has 0 aromatic heterocycles. The van der Waals surface area contributed by atoms with Gasteiger partial charge in [-0.25, -0.2) is 0 Å². The number of aromatic hydroxyl groups is 2. The minimum Gasteiger partial charge on any atom is -0.550 e. The van der Waals surface area contributed by atoms with Crippen molar-refractivity contribution < 1.29 is 46.8 Å². The van der Waals surface area contributed by atoms with E-state index in [0.29, 0.717) is 0 Å². The Morgan fingerprint density at radius 1 is 0.784 bits per heavy atom. The van der Waals surface area contributed by atoms with E-state index in [-0.39, 0.29) is 40.4 Å². The molecule has 8 nitrogen and oxygen atoms in total. The van der Waals surface area contributed by atoms with Gasteiger partial charge in [0.1, 0.15) is 11.5 Å². The third-order valence-electron chi connectivity index (χ3n) is 5.52. The van der Waals surface area contributed by atoms with Crippen molar-refractivity contribution in [2.24, 2.45) is 9.98 Å². The van der Waals surface area contributed by atoms with Crippen LogP contribution >= 0.6 is 0 Å². The van der Waals surface area contributed by atoms with Crippen LogP contribution in [-0.4, -0.2) is 46.7 Å². The molecule has 0 unspecified atom stereocenters. The third-order valence-corrected chi connectivity index (χ3v) is 5.52. The Morgan fingerprint density at radius 2 is 1.08 bits per heavy atom. The Kier molecular flexibility index (Phi) is 16.6. The van der Waals surface area contributed by atoms with E-state index in [1.165, 1.54) is 11.1 Å². The second-order valence-corrected chi connectivity index (χ2v) is 8.50. The van der Waals surface area contributed by atoms with Gasteiger partial charge in [-0.1, -0.05) is 26.0 Å². The Bertz CT molecular complexity index is 955. The topological polar surface area (TPSA) is 145 Å². The number of carboxylic acid groups (broad SMARTS) is 2. The van der Waals surface area contributed by atoms with E-state index in [1.807, 2.05) is 36.7 Å². The zero-order chi connectivity index (χ0) is 27.1. The van der Waals surface area contributed by atoms with Crippen LogP contribution in [0, 0.1) is 0 Å². The zero-order valence-corrected chi connectivity index (χ0v) is 22.8. The number of aryl methyl sites for hydroxylation is 2. The molecule has 0 heterocycles. The van der Waals surface area contributed by atoms with E-state index in [0.717, 1.165) is 63.5 Å². The van der Waals surface area contributed by atoms with Gasteiger partial charge >= 0.3 is 16.8 Å². The van der Waals surface area contributed by atoms with Crippen LogP contribution in [0.5, 0.6) is 11.5 Å². The van der Waals surface area contributed by atoms with E-state index in [4.69, 9.17) is 29.8 Å². The van der Waals surface area contributed by atoms with Gasteiger partial charge in [-0.3, -0.25) is 9.98 Å². The van der Waals surface area contributed by atoms with Gasteiger partial charge in [-0.2, -0.15) is 0 Å². The van der Waals surface area contributed by atoms with Crippen molar-refractivity contribution in [2.75, 3.05) is 0 Å². The number of nitrogens with zero attached hydrogens (tertiary/aromatic N) is 2. The number of carboxylic acids is 2. The summed E-state index contributed by atoms with van der Waals surface area (Å²) >= 11 is 0. The van der Waals surface area contributed by atoms with E-state index in [2.05, 4.69) is 13.8 Å². The van der Waals surface area contributed by atoms with Crippen LogP contribution in [0.2, 0.25) is 0 Å². The minimum absolute atomic E-state index is 0. The SMILES string of the molecule is CC(=O)[O-].CC(=O)[O-].CCc1ccc(O)c(C=NC2CCC(N=Cc3cc(CC)ccc3O)CC2)c1.[Co+2]. The quantitative estimate of drug-likeness (QED) is 0.524. The molecule has 0 aliphatic heterocycles. The Hall–Kier alpha value is -3.17. The van der Waals surface area contributed by atoms with Gasteiger partial charge in [0.25, 0.3) is 0 Å². The molecule has 1 fully saturated rings. The molecule has 203 valence electrons. The maximum absolute atomic E-state index is 10.0. The van der Waals surface area contributed by atoms with Crippen molar-refractivity contribution in [3.05, 3.63) is 58.7 Å². The first-order chi connectivity index (χ1) is 17.0. The number of aliphatic carboxylic acids is 2. The maximum Gasteiger partial charge on any atom is 2.00 e. The Balaban J connectivity index is 0.00000127. The Morgan fingerprint density at radius 3 is 1.35 bits per heavy atom. The number of aliphatic imine (C=N–C) groups is 2. The number of carbonyl (C=O) groups is 2. The average molecular weight is 556 g/mol. The van der Waals surface area contributed by atoms with Crippen molar-refractivity contribution in [1.82, 2.24) is 0 Å². The number of carbonyl (C=O) groups excluding carboxylic acids is 2. The molecule has 2 N–H and O–H groups in total. The van der Waals surface area contributed by atoms with E-state index in [1.54, 1.807) is 12.1 Å². The average Bonchev–Trinajstić information content (AvgIpc) is 2.83. The molecule has 2 aromatic carbocycles. The summed E-state index contributed by atoms with van der Waals surface area (Å²) in [6.07, 6.45) is 9.50. The van der Waals surface area contributed by atoms with Crippen LogP contribution in [0.3, 0.4) is 0 Å². The number of benzene rings is 2. The summed E-state index contributed by atoms with van der Waals surface area (Å²) in [7, 11) is 0. The van der Waals surface area contributed by atoms with Gasteiger partial charge in [-0.05, 0) is 87.8 Å². The van der Waals surface area contributed by atoms with Crippen LogP contribution in [0.1, 0.15) is 75.6 Å². The van der Waals surface area contributed by atoms with Gasteiger partial charge in [-0.15, -0.1) is 0 Å². The fraction of sp³-hybridized carbons (Fsp3) is 0.429. The molecular formula is C28H36CoN2O6. The second-order valence-electron chi connectivity index (χ2n) is 8.50. The molecule has 0 bridgehead atoms. The molecule has 1 aliphatic rings. The Labute approximate surface area is 229 Å². The zero-order valence-electron chi connectivity index (χ0n) is 21.8. The molecule has 0 saturated heterocycles. The van der Waals surface area contributed by atoms with Crippen LogP contribution in [-0.2, 0) is 39.2 Å². The second kappa shape index (κ2) is 18.1. The summed E-state index contributed by atoms with van der Waals surface area (Å²) in [6.45, 7) is 6.15. The first kappa shape index (κ1) is 33.8. The summed E-state index contributed by atoms with van der Waals surface area (Å²) in [5, 5.41) is 37.8. The summed E-state index contributed by atoms with van der Waals surface area (Å²) < 4.78 is 0. The first-order valence-corrected chi connectivity index (χ1v) is 12.1. The largest absolute Gasteiger partial charge is 2.00 e. The monoisotopic (exact) mass is 555 g/mol. The summed E-state index contributed by atoms with van der Waals surface area (Å²) in [4.78, 5) is 27.2. The molecule has 9 heteroatoms. The summed E-state index contributed by atoms with van der Waals surface area (Å²) in [6, 6.07) is 12.0. The normalized spacial score (nSPS) is 16.6. The number of rotatable bonds is 6. The molecule has 1 radical (unpaired) electrons. The molecule has 1 saturated carbocycles. The number of phenols is 2. The summed E-state index contributed by atoms with van der Waals surface area (Å²) in [5.74, 6) is -1.60. The molecule has 0 atom stereocenters. The molecule has 0 amide bonds. The predicted molar refractivity (Wildman–Crippen MR) is 138 cm³/mol. The van der Waals surface area contributed by atoms with Crippen molar-refractivity contribution in [2.45, 2.75) is 78.3 Å². The van der Waals surface area contributed by atoms with Gasteiger partial charge in [0.2, 0.25) is 0 Å². The van der Waals surface area contributed by atoms with Gasteiger partial charge in [0.15, 0.2) is 0 Å². The molecular weight excluding hydrogens is 519 g/mol. The van der Waals surface area contributed by atoms with Gasteiger partial charge in [0.05, 0.1) is 12.1 Å². The van der Waals surface area contributed by atoms with Gasteiger partial charge < -0.3 is 30.0 Å². The van der Waals surface area contributed by atoms with Crippen molar-refractivity contribution in [1.29, 1.82) is 0 Å².